The van der Waals surface area contributed by atoms with E-state index in [-0.39, 0.29) is 18.6 Å². The number of rotatable bonds is 2. The molecule has 1 atom stereocenters. The van der Waals surface area contributed by atoms with Gasteiger partial charge < -0.3 is 20.1 Å². The van der Waals surface area contributed by atoms with Crippen molar-refractivity contribution < 1.29 is 14.3 Å². The van der Waals surface area contributed by atoms with Crippen LogP contribution in [0.15, 0.2) is 12.1 Å². The average Bonchev–Trinajstić information content (AvgIpc) is 2.87. The van der Waals surface area contributed by atoms with Gasteiger partial charge in [0.2, 0.25) is 12.7 Å². The fourth-order valence-electron chi connectivity index (χ4n) is 2.32. The number of halogens is 1. The van der Waals surface area contributed by atoms with E-state index in [4.69, 9.17) is 21.1 Å². The number of hydrogen-bond donors (Lipinski definition) is 2. The predicted molar refractivity (Wildman–Crippen MR) is 71.8 cm³/mol. The molecule has 2 aliphatic rings. The molecule has 3 rings (SSSR count). The van der Waals surface area contributed by atoms with Gasteiger partial charge in [0, 0.05) is 18.7 Å². The average molecular weight is 283 g/mol. The fraction of sp³-hybridized carbons (Fsp3) is 0.462. The maximum atomic E-state index is 12.1. The number of carbonyl (C=O) groups is 1. The first-order valence-electron chi connectivity index (χ1n) is 6.35. The molecule has 1 saturated heterocycles. The third-order valence-electron chi connectivity index (χ3n) is 3.39. The number of piperidine rings is 1. The van der Waals surface area contributed by atoms with Gasteiger partial charge in [0.05, 0.1) is 16.6 Å². The molecule has 0 aliphatic carbocycles. The van der Waals surface area contributed by atoms with Crippen LogP contribution in [0.2, 0.25) is 5.02 Å². The Bertz CT molecular complexity index is 501. The molecule has 1 aromatic carbocycles. The first-order chi connectivity index (χ1) is 9.24. The SMILES string of the molecule is O=C(Nc1cc2c(cc1Cl)OCO2)[C@@H]1CCCNC1. The summed E-state index contributed by atoms with van der Waals surface area (Å²) in [4.78, 5) is 12.1. The van der Waals surface area contributed by atoms with Crippen LogP contribution in [-0.2, 0) is 4.79 Å². The van der Waals surface area contributed by atoms with E-state index in [0.717, 1.165) is 19.4 Å². The number of nitrogens with one attached hydrogen (secondary N) is 2. The van der Waals surface area contributed by atoms with Gasteiger partial charge in [-0.25, -0.2) is 0 Å². The third-order valence-corrected chi connectivity index (χ3v) is 3.70. The minimum absolute atomic E-state index is 0.00441. The van der Waals surface area contributed by atoms with E-state index >= 15 is 0 Å². The van der Waals surface area contributed by atoms with E-state index in [9.17, 15) is 4.79 Å². The summed E-state index contributed by atoms with van der Waals surface area (Å²) in [5.74, 6) is 1.21. The lowest BCUT2D eigenvalue weighted by Gasteiger charge is -2.22. The van der Waals surface area contributed by atoms with Crippen LogP contribution in [0.5, 0.6) is 11.5 Å². The molecule has 1 aromatic rings. The molecule has 2 aliphatic heterocycles. The summed E-state index contributed by atoms with van der Waals surface area (Å²) in [6.07, 6.45) is 1.92. The maximum Gasteiger partial charge on any atom is 0.231 e. The summed E-state index contributed by atoms with van der Waals surface area (Å²) in [7, 11) is 0. The molecule has 0 bridgehead atoms. The van der Waals surface area contributed by atoms with E-state index in [2.05, 4.69) is 10.6 Å². The van der Waals surface area contributed by atoms with Gasteiger partial charge in [0.25, 0.3) is 0 Å². The molecule has 0 unspecified atom stereocenters. The molecule has 6 heteroatoms. The Balaban J connectivity index is 1.74. The van der Waals surface area contributed by atoms with Gasteiger partial charge in [0.1, 0.15) is 0 Å². The molecule has 2 heterocycles. The topological polar surface area (TPSA) is 59.6 Å². The van der Waals surface area contributed by atoms with Gasteiger partial charge in [-0.05, 0) is 19.4 Å². The van der Waals surface area contributed by atoms with Crippen LogP contribution < -0.4 is 20.1 Å². The zero-order chi connectivity index (χ0) is 13.2. The molecule has 1 fully saturated rings. The lowest BCUT2D eigenvalue weighted by Crippen LogP contribution is -2.37. The quantitative estimate of drug-likeness (QED) is 0.871. The third kappa shape index (κ3) is 2.62. The summed E-state index contributed by atoms with van der Waals surface area (Å²) >= 11 is 6.13. The standard InChI is InChI=1S/C13H15ClN2O3/c14-9-4-11-12(19-7-18-11)5-10(9)16-13(17)8-2-1-3-15-6-8/h4-5,8,15H,1-3,6-7H2,(H,16,17)/t8-/m1/s1. The zero-order valence-corrected chi connectivity index (χ0v) is 11.1. The number of benzene rings is 1. The van der Waals surface area contributed by atoms with E-state index < -0.39 is 0 Å². The largest absolute Gasteiger partial charge is 0.454 e. The molecular formula is C13H15ClN2O3. The van der Waals surface area contributed by atoms with Crippen molar-refractivity contribution in [2.45, 2.75) is 12.8 Å². The predicted octanol–water partition coefficient (Wildman–Crippen LogP) is 2.01. The smallest absolute Gasteiger partial charge is 0.231 e. The minimum Gasteiger partial charge on any atom is -0.454 e. The van der Waals surface area contributed by atoms with Crippen LogP contribution in [0, 0.1) is 5.92 Å². The summed E-state index contributed by atoms with van der Waals surface area (Å²) in [5.41, 5.74) is 0.571. The van der Waals surface area contributed by atoms with Gasteiger partial charge in [0.15, 0.2) is 11.5 Å². The molecular weight excluding hydrogens is 268 g/mol. The van der Waals surface area contributed by atoms with Crippen molar-refractivity contribution in [3.63, 3.8) is 0 Å². The number of ether oxygens (including phenoxy) is 2. The first-order valence-corrected chi connectivity index (χ1v) is 6.72. The maximum absolute atomic E-state index is 12.1. The molecule has 2 N–H and O–H groups in total. The molecule has 5 nitrogen and oxygen atoms in total. The van der Waals surface area contributed by atoms with Gasteiger partial charge in [-0.2, -0.15) is 0 Å². The molecule has 0 saturated carbocycles. The van der Waals surface area contributed by atoms with Gasteiger partial charge in [-0.1, -0.05) is 11.6 Å². The summed E-state index contributed by atoms with van der Waals surface area (Å²) in [5, 5.41) is 6.54. The lowest BCUT2D eigenvalue weighted by molar-refractivity contribution is -0.120. The second kappa shape index (κ2) is 5.27. The normalized spacial score (nSPS) is 21.2. The van der Waals surface area contributed by atoms with E-state index in [1.807, 2.05) is 0 Å². The van der Waals surface area contributed by atoms with Crippen LogP contribution in [0.3, 0.4) is 0 Å². The van der Waals surface area contributed by atoms with Crippen LogP contribution in [0.1, 0.15) is 12.8 Å². The first kappa shape index (κ1) is 12.6. The van der Waals surface area contributed by atoms with Crippen molar-refractivity contribution >= 4 is 23.2 Å². The number of anilines is 1. The monoisotopic (exact) mass is 282 g/mol. The summed E-state index contributed by atoms with van der Waals surface area (Å²) < 4.78 is 10.5. The Kier molecular flexibility index (Phi) is 3.48. The number of carbonyl (C=O) groups excluding carboxylic acids is 1. The Morgan fingerprint density at radius 1 is 1.37 bits per heavy atom. The van der Waals surface area contributed by atoms with Crippen LogP contribution >= 0.6 is 11.6 Å². The number of hydrogen-bond acceptors (Lipinski definition) is 4. The van der Waals surface area contributed by atoms with Gasteiger partial charge >= 0.3 is 0 Å². The molecule has 1 amide bonds. The van der Waals surface area contributed by atoms with Gasteiger partial charge in [-0.3, -0.25) is 4.79 Å². The number of fused-ring (bicyclic) bond motifs is 1. The van der Waals surface area contributed by atoms with Crippen molar-refractivity contribution in [1.29, 1.82) is 0 Å². The highest BCUT2D eigenvalue weighted by molar-refractivity contribution is 6.34. The second-order valence-electron chi connectivity index (χ2n) is 4.72. The van der Waals surface area contributed by atoms with E-state index in [0.29, 0.717) is 28.8 Å². The lowest BCUT2D eigenvalue weighted by atomic mass is 9.99. The molecule has 0 radical (unpaired) electrons. The highest BCUT2D eigenvalue weighted by Crippen LogP contribution is 2.39. The Hall–Kier alpha value is -1.46. The highest BCUT2D eigenvalue weighted by Gasteiger charge is 2.23. The molecule has 0 spiro atoms. The minimum atomic E-state index is -0.00651. The molecule has 102 valence electrons. The number of amides is 1. The fourth-order valence-corrected chi connectivity index (χ4v) is 2.52. The second-order valence-corrected chi connectivity index (χ2v) is 5.13. The van der Waals surface area contributed by atoms with Crippen LogP contribution in [-0.4, -0.2) is 25.8 Å². The molecule has 0 aromatic heterocycles. The Morgan fingerprint density at radius 3 is 2.89 bits per heavy atom. The van der Waals surface area contributed by atoms with Crippen LogP contribution in [0.4, 0.5) is 5.69 Å². The van der Waals surface area contributed by atoms with Crippen molar-refractivity contribution in [2.24, 2.45) is 5.92 Å². The van der Waals surface area contributed by atoms with Crippen molar-refractivity contribution in [3.05, 3.63) is 17.2 Å². The van der Waals surface area contributed by atoms with Gasteiger partial charge in [-0.15, -0.1) is 0 Å². The van der Waals surface area contributed by atoms with E-state index in [1.165, 1.54) is 0 Å². The van der Waals surface area contributed by atoms with Crippen molar-refractivity contribution in [3.8, 4) is 11.5 Å². The highest BCUT2D eigenvalue weighted by atomic mass is 35.5. The Labute approximate surface area is 116 Å². The summed E-state index contributed by atoms with van der Waals surface area (Å²) in [6.45, 7) is 1.89. The van der Waals surface area contributed by atoms with Crippen molar-refractivity contribution in [2.75, 3.05) is 25.2 Å². The zero-order valence-electron chi connectivity index (χ0n) is 10.4. The van der Waals surface area contributed by atoms with Crippen molar-refractivity contribution in [1.82, 2.24) is 5.32 Å². The Morgan fingerprint density at radius 2 is 2.16 bits per heavy atom. The van der Waals surface area contributed by atoms with Crippen LogP contribution in [0.25, 0.3) is 0 Å². The molecule has 19 heavy (non-hydrogen) atoms. The summed E-state index contributed by atoms with van der Waals surface area (Å²) in [6, 6.07) is 3.37. The van der Waals surface area contributed by atoms with E-state index in [1.54, 1.807) is 12.1 Å².